The monoisotopic (exact) mass is 346 g/mol. The average Bonchev–Trinajstić information content (AvgIpc) is 2.97. The van der Waals surface area contributed by atoms with E-state index in [2.05, 4.69) is 10.6 Å². The lowest BCUT2D eigenvalue weighted by atomic mass is 10.1. The van der Waals surface area contributed by atoms with Crippen LogP contribution in [0.15, 0.2) is 30.3 Å². The highest BCUT2D eigenvalue weighted by Crippen LogP contribution is 2.24. The SMILES string of the molecule is CO[C@@H](CNC(=O)C(=O)Nc1ccc(C)c(C)c1)c1ccc(C)s1. The first-order valence-electron chi connectivity index (χ1n) is 7.66. The van der Waals surface area contributed by atoms with Gasteiger partial charge in [0.25, 0.3) is 0 Å². The molecule has 0 saturated heterocycles. The second kappa shape index (κ2) is 8.08. The third-order valence-corrected chi connectivity index (χ3v) is 4.87. The Bertz CT molecular complexity index is 740. The van der Waals surface area contributed by atoms with E-state index in [1.165, 1.54) is 4.88 Å². The number of hydrogen-bond acceptors (Lipinski definition) is 4. The van der Waals surface area contributed by atoms with Gasteiger partial charge >= 0.3 is 11.8 Å². The molecule has 1 aromatic carbocycles. The van der Waals surface area contributed by atoms with Crippen molar-refractivity contribution in [3.05, 3.63) is 51.2 Å². The van der Waals surface area contributed by atoms with Crippen LogP contribution < -0.4 is 10.6 Å². The Morgan fingerprint density at radius 3 is 2.42 bits per heavy atom. The van der Waals surface area contributed by atoms with E-state index in [-0.39, 0.29) is 12.6 Å². The third kappa shape index (κ3) is 4.66. The molecule has 2 rings (SSSR count). The molecule has 0 aliphatic carbocycles. The minimum atomic E-state index is -0.685. The van der Waals surface area contributed by atoms with Crippen LogP contribution >= 0.6 is 11.3 Å². The van der Waals surface area contributed by atoms with Crippen LogP contribution in [0.25, 0.3) is 0 Å². The van der Waals surface area contributed by atoms with Crippen LogP contribution in [0.3, 0.4) is 0 Å². The number of ether oxygens (including phenoxy) is 1. The first-order chi connectivity index (χ1) is 11.4. The number of amides is 2. The molecule has 0 saturated carbocycles. The Kier molecular flexibility index (Phi) is 6.11. The number of benzene rings is 1. The van der Waals surface area contributed by atoms with Crippen molar-refractivity contribution in [2.24, 2.45) is 0 Å². The molecule has 0 aliphatic heterocycles. The quantitative estimate of drug-likeness (QED) is 0.818. The molecule has 5 nitrogen and oxygen atoms in total. The molecule has 2 amide bonds. The van der Waals surface area contributed by atoms with E-state index < -0.39 is 11.8 Å². The van der Waals surface area contributed by atoms with Crippen molar-refractivity contribution in [3.8, 4) is 0 Å². The highest BCUT2D eigenvalue weighted by Gasteiger charge is 2.18. The Balaban J connectivity index is 1.91. The Hall–Kier alpha value is -2.18. The molecule has 1 atom stereocenters. The summed E-state index contributed by atoms with van der Waals surface area (Å²) in [5.74, 6) is -1.36. The van der Waals surface area contributed by atoms with Crippen molar-refractivity contribution in [1.82, 2.24) is 5.32 Å². The minimum absolute atomic E-state index is 0.246. The largest absolute Gasteiger partial charge is 0.374 e. The van der Waals surface area contributed by atoms with E-state index in [0.717, 1.165) is 16.0 Å². The molecule has 0 fully saturated rings. The lowest BCUT2D eigenvalue weighted by Crippen LogP contribution is -2.37. The maximum Gasteiger partial charge on any atom is 0.313 e. The summed E-state index contributed by atoms with van der Waals surface area (Å²) in [5, 5.41) is 5.22. The van der Waals surface area contributed by atoms with Crippen LogP contribution in [0.2, 0.25) is 0 Å². The minimum Gasteiger partial charge on any atom is -0.374 e. The van der Waals surface area contributed by atoms with E-state index >= 15 is 0 Å². The van der Waals surface area contributed by atoms with Gasteiger partial charge in [0.15, 0.2) is 0 Å². The van der Waals surface area contributed by atoms with E-state index in [4.69, 9.17) is 4.74 Å². The molecule has 1 aromatic heterocycles. The van der Waals surface area contributed by atoms with Crippen molar-refractivity contribution in [3.63, 3.8) is 0 Å². The second-order valence-corrected chi connectivity index (χ2v) is 6.96. The molecule has 0 unspecified atom stereocenters. The highest BCUT2D eigenvalue weighted by atomic mass is 32.1. The van der Waals surface area contributed by atoms with Crippen molar-refractivity contribution >= 4 is 28.8 Å². The Labute approximate surface area is 146 Å². The highest BCUT2D eigenvalue weighted by molar-refractivity contribution is 7.12. The maximum atomic E-state index is 12.0. The van der Waals surface area contributed by atoms with Gasteiger partial charge in [0.1, 0.15) is 6.10 Å². The molecule has 2 N–H and O–H groups in total. The summed E-state index contributed by atoms with van der Waals surface area (Å²) in [6.45, 7) is 6.20. The standard InChI is InChI=1S/C18H22N2O3S/c1-11-5-7-14(9-12(11)2)20-18(22)17(21)19-10-15(23-4)16-8-6-13(3)24-16/h5-9,15H,10H2,1-4H3,(H,19,21)(H,20,22)/t15-/m0/s1. The normalized spacial score (nSPS) is 11.8. The molecule has 24 heavy (non-hydrogen) atoms. The van der Waals surface area contributed by atoms with Crippen molar-refractivity contribution in [1.29, 1.82) is 0 Å². The molecular weight excluding hydrogens is 324 g/mol. The summed E-state index contributed by atoms with van der Waals surface area (Å²) >= 11 is 1.61. The lowest BCUT2D eigenvalue weighted by Gasteiger charge is -2.14. The van der Waals surface area contributed by atoms with Gasteiger partial charge in [-0.15, -0.1) is 11.3 Å². The zero-order chi connectivity index (χ0) is 17.7. The number of methoxy groups -OCH3 is 1. The second-order valence-electron chi connectivity index (χ2n) is 5.64. The van der Waals surface area contributed by atoms with Crippen molar-refractivity contribution in [2.75, 3.05) is 19.0 Å². The van der Waals surface area contributed by atoms with Gasteiger partial charge in [0.05, 0.1) is 0 Å². The molecule has 0 radical (unpaired) electrons. The molecule has 128 valence electrons. The van der Waals surface area contributed by atoms with Crippen LogP contribution in [-0.2, 0) is 14.3 Å². The van der Waals surface area contributed by atoms with Crippen LogP contribution in [0, 0.1) is 20.8 Å². The van der Waals surface area contributed by atoms with E-state index in [9.17, 15) is 9.59 Å². The number of hydrogen-bond donors (Lipinski definition) is 2. The fourth-order valence-corrected chi connectivity index (χ4v) is 3.15. The zero-order valence-corrected chi connectivity index (χ0v) is 15.1. The van der Waals surface area contributed by atoms with Gasteiger partial charge in [-0.1, -0.05) is 6.07 Å². The predicted octanol–water partition coefficient (Wildman–Crippen LogP) is 3.12. The number of rotatable bonds is 5. The summed E-state index contributed by atoms with van der Waals surface area (Å²) in [6, 6.07) is 9.49. The van der Waals surface area contributed by atoms with Gasteiger partial charge in [-0.2, -0.15) is 0 Å². The number of aryl methyl sites for hydroxylation is 3. The van der Waals surface area contributed by atoms with Crippen LogP contribution in [0.4, 0.5) is 5.69 Å². The molecule has 0 aliphatic rings. The topological polar surface area (TPSA) is 67.4 Å². The molecule has 1 heterocycles. The summed E-state index contributed by atoms with van der Waals surface area (Å²) in [6.07, 6.45) is -0.262. The molecule has 0 spiro atoms. The summed E-state index contributed by atoms with van der Waals surface area (Å²) in [5.41, 5.74) is 2.79. The van der Waals surface area contributed by atoms with E-state index in [1.54, 1.807) is 24.5 Å². The summed E-state index contributed by atoms with van der Waals surface area (Å²) < 4.78 is 5.39. The van der Waals surface area contributed by atoms with Gasteiger partial charge in [0.2, 0.25) is 0 Å². The third-order valence-electron chi connectivity index (χ3n) is 3.78. The number of carbonyl (C=O) groups excluding carboxylic acids is 2. The number of thiophene rings is 1. The number of carbonyl (C=O) groups is 2. The Morgan fingerprint density at radius 2 is 1.83 bits per heavy atom. The smallest absolute Gasteiger partial charge is 0.313 e. The fourth-order valence-electron chi connectivity index (χ4n) is 2.20. The molecule has 6 heteroatoms. The van der Waals surface area contributed by atoms with Gasteiger partial charge in [0, 0.05) is 29.1 Å². The van der Waals surface area contributed by atoms with Gasteiger partial charge in [-0.3, -0.25) is 9.59 Å². The molecule has 0 bridgehead atoms. The molecular formula is C18H22N2O3S. The zero-order valence-electron chi connectivity index (χ0n) is 14.3. The van der Waals surface area contributed by atoms with Gasteiger partial charge in [-0.25, -0.2) is 0 Å². The summed E-state index contributed by atoms with van der Waals surface area (Å²) in [4.78, 5) is 26.2. The lowest BCUT2D eigenvalue weighted by molar-refractivity contribution is -0.136. The van der Waals surface area contributed by atoms with E-state index in [0.29, 0.717) is 5.69 Å². The number of nitrogens with one attached hydrogen (secondary N) is 2. The van der Waals surface area contributed by atoms with Crippen molar-refractivity contribution < 1.29 is 14.3 Å². The van der Waals surface area contributed by atoms with E-state index in [1.807, 2.05) is 45.0 Å². The number of anilines is 1. The van der Waals surface area contributed by atoms with Crippen LogP contribution in [0.1, 0.15) is 27.0 Å². The van der Waals surface area contributed by atoms with Crippen LogP contribution in [0.5, 0.6) is 0 Å². The first-order valence-corrected chi connectivity index (χ1v) is 8.48. The molecule has 2 aromatic rings. The average molecular weight is 346 g/mol. The first kappa shape index (κ1) is 18.2. The Morgan fingerprint density at radius 1 is 1.08 bits per heavy atom. The fraction of sp³-hybridized carbons (Fsp3) is 0.333. The van der Waals surface area contributed by atoms with Gasteiger partial charge in [-0.05, 0) is 56.2 Å². The van der Waals surface area contributed by atoms with Gasteiger partial charge < -0.3 is 15.4 Å². The van der Waals surface area contributed by atoms with Crippen molar-refractivity contribution in [2.45, 2.75) is 26.9 Å². The maximum absolute atomic E-state index is 12.0. The predicted molar refractivity (Wildman–Crippen MR) is 96.4 cm³/mol. The van der Waals surface area contributed by atoms with Crippen LogP contribution in [-0.4, -0.2) is 25.5 Å². The summed E-state index contributed by atoms with van der Waals surface area (Å²) in [7, 11) is 1.58.